The topological polar surface area (TPSA) is 569 Å². The Bertz CT molecular complexity index is 4440. The minimum atomic E-state index is -1.99. The van der Waals surface area contributed by atoms with E-state index in [9.17, 15) is 58.2 Å². The van der Waals surface area contributed by atoms with Crippen molar-refractivity contribution >= 4 is 133 Å². The molecule has 13 amide bonds. The van der Waals surface area contributed by atoms with E-state index in [4.69, 9.17) is 22.6 Å². The molecule has 116 heavy (non-hydrogen) atoms. The summed E-state index contributed by atoms with van der Waals surface area (Å²) in [7, 11) is 0. The minimum absolute atomic E-state index is 0.00356. The molecule has 628 valence electrons. The van der Waals surface area contributed by atoms with Gasteiger partial charge >= 0.3 is 5.97 Å². The monoisotopic (exact) mass is 1630 g/mol. The first kappa shape index (κ1) is 91.5. The molecule has 0 bridgehead atoms. The van der Waals surface area contributed by atoms with Crippen LogP contribution in [-0.2, 0) is 86.4 Å². The maximum Gasteiger partial charge on any atom is 0.305 e. The number of aliphatic hydroxyl groups excluding tert-OH is 1. The molecule has 12 atom stereocenters. The molecule has 35 nitrogen and oxygen atoms in total. The summed E-state index contributed by atoms with van der Waals surface area (Å²) in [4.78, 5) is 208. The summed E-state index contributed by atoms with van der Waals surface area (Å²) < 4.78 is 0. The Morgan fingerprint density at radius 3 is 1.55 bits per heavy atom. The Morgan fingerprint density at radius 2 is 1.00 bits per heavy atom. The first-order chi connectivity index (χ1) is 55.5. The summed E-state index contributed by atoms with van der Waals surface area (Å²) in [6, 6.07) is 9.92. The quantitative estimate of drug-likeness (QED) is 0.0194. The van der Waals surface area contributed by atoms with Crippen LogP contribution in [0.3, 0.4) is 0 Å². The number of guanidine groups is 1. The number of aromatic amines is 2. The van der Waals surface area contributed by atoms with Crippen molar-refractivity contribution in [3.63, 3.8) is 0 Å². The Balaban J connectivity index is 1.28. The lowest BCUT2D eigenvalue weighted by Crippen LogP contribution is -2.61. The highest BCUT2D eigenvalue weighted by Gasteiger charge is 2.39. The van der Waals surface area contributed by atoms with Gasteiger partial charge in [-0.25, -0.2) is 0 Å². The molecule has 1 aliphatic heterocycles. The van der Waals surface area contributed by atoms with E-state index in [2.05, 4.69) is 79.1 Å². The maximum atomic E-state index is 15.2. The Morgan fingerprint density at radius 1 is 0.517 bits per heavy atom. The van der Waals surface area contributed by atoms with Crippen LogP contribution in [-0.4, -0.2) is 213 Å². The molecule has 36 heteroatoms. The summed E-state index contributed by atoms with van der Waals surface area (Å²) in [5.74, 6) is -16.6. The predicted molar refractivity (Wildman–Crippen MR) is 437 cm³/mol. The van der Waals surface area contributed by atoms with E-state index in [0.29, 0.717) is 57.8 Å². The summed E-state index contributed by atoms with van der Waals surface area (Å²) in [6.07, 6.45) is 4.59. The van der Waals surface area contributed by atoms with Gasteiger partial charge in [-0.1, -0.05) is 146 Å². The molecule has 1 saturated heterocycles. The van der Waals surface area contributed by atoms with E-state index in [0.717, 1.165) is 35.4 Å². The van der Waals surface area contributed by atoms with Crippen LogP contribution in [0.1, 0.15) is 128 Å². The number of hydrogen-bond donors (Lipinski definition) is 21. The van der Waals surface area contributed by atoms with Crippen molar-refractivity contribution < 1.29 is 77.3 Å². The zero-order valence-corrected chi connectivity index (χ0v) is 66.7. The largest absolute Gasteiger partial charge is 0.481 e. The second-order valence-electron chi connectivity index (χ2n) is 29.3. The Kier molecular flexibility index (Phi) is 36.3. The van der Waals surface area contributed by atoms with E-state index >= 15 is 19.2 Å². The zero-order valence-electron chi connectivity index (χ0n) is 65.9. The van der Waals surface area contributed by atoms with Crippen LogP contribution in [0.25, 0.3) is 32.6 Å². The van der Waals surface area contributed by atoms with Crippen LogP contribution in [0.4, 0.5) is 0 Å². The zero-order chi connectivity index (χ0) is 84.5. The third-order valence-electron chi connectivity index (χ3n) is 20.0. The van der Waals surface area contributed by atoms with Gasteiger partial charge in [0.1, 0.15) is 66.5 Å². The number of carboxylic acids is 1. The summed E-state index contributed by atoms with van der Waals surface area (Å²) in [5, 5.41) is 65.5. The van der Waals surface area contributed by atoms with Crippen LogP contribution in [0, 0.1) is 17.2 Å². The van der Waals surface area contributed by atoms with Gasteiger partial charge in [-0.05, 0) is 96.5 Å². The number of H-pyrrole nitrogens is 2. The van der Waals surface area contributed by atoms with Gasteiger partial charge in [0.15, 0.2) is 5.96 Å². The van der Waals surface area contributed by atoms with Crippen molar-refractivity contribution in [2.75, 3.05) is 37.7 Å². The van der Waals surface area contributed by atoms with E-state index in [-0.39, 0.29) is 76.6 Å². The number of benzene rings is 4. The molecule has 2 aromatic heterocycles. The number of carboxylic acid groups (broad SMARTS) is 1. The molecule has 0 radical (unpaired) electrons. The van der Waals surface area contributed by atoms with Gasteiger partial charge in [0, 0.05) is 65.8 Å². The van der Waals surface area contributed by atoms with Gasteiger partial charge in [0.25, 0.3) is 0 Å². The summed E-state index contributed by atoms with van der Waals surface area (Å²) in [5.41, 5.74) is 20.4. The smallest absolute Gasteiger partial charge is 0.305 e. The number of amides is 13. The van der Waals surface area contributed by atoms with Crippen molar-refractivity contribution in [1.82, 2.24) is 79.1 Å². The molecule has 0 unspecified atom stereocenters. The Labute approximate surface area is 676 Å². The van der Waals surface area contributed by atoms with Gasteiger partial charge in [0.05, 0.1) is 25.3 Å². The number of nitrogens with two attached hydrogens (primary N) is 3. The molecule has 1 aliphatic rings. The molecular weight excluding hydrogens is 1520 g/mol. The number of hydrogen-bond acceptors (Lipinski definition) is 18. The van der Waals surface area contributed by atoms with Crippen LogP contribution < -0.4 is 86.3 Å². The number of aliphatic hydroxyl groups is 1. The molecule has 0 aliphatic carbocycles. The maximum absolute atomic E-state index is 15.2. The third kappa shape index (κ3) is 28.1. The molecule has 24 N–H and O–H groups in total. The van der Waals surface area contributed by atoms with Crippen LogP contribution in [0.5, 0.6) is 0 Å². The highest BCUT2D eigenvalue weighted by Crippen LogP contribution is 2.24. The first-order valence-electron chi connectivity index (χ1n) is 39.2. The number of unbranched alkanes of at least 4 members (excludes halogenated alkanes) is 4. The average molecular weight is 1630 g/mol. The number of thioether (sulfide) groups is 1. The van der Waals surface area contributed by atoms with Crippen molar-refractivity contribution in [3.05, 3.63) is 120 Å². The number of carbonyl (C=O) groups is 14. The molecular formula is C80H111N19O16S. The lowest BCUT2D eigenvalue weighted by atomic mass is 9.96. The molecule has 4 aromatic carbocycles. The van der Waals surface area contributed by atoms with Gasteiger partial charge in [-0.3, -0.25) is 72.5 Å². The average Bonchev–Trinajstić information content (AvgIpc) is 1.60. The highest BCUT2D eigenvalue weighted by atomic mass is 32.2. The Hall–Kier alpha value is -11.7. The van der Waals surface area contributed by atoms with E-state index < -0.39 is 192 Å². The lowest BCUT2D eigenvalue weighted by molar-refractivity contribution is -0.141. The SMILES string of the molecule is CCCCCC[C@@H]1NC(=O)[C@H](Cc2c[nH]c3ccccc23)NC(=O)[C@H](CC(=O)O)NC(=O)[C@H](CCCNC(=N)N)NC(=O)CNC(=O)[C@H](CO)NC(=O)[C@H]([C@@H](C)CC)NC(=O)[C@H](Cc2ccc3ccccc3c2)NC(=O)CSC[C@@H](C(N)=O)NC(=O)[C@H](C(C)C)NC(=O)[C@H](Cc2c[nH]c3ccccc23)NC(=O)[C@@H](CCCCN)NC1=O. The lowest BCUT2D eigenvalue weighted by Gasteiger charge is -2.29. The van der Waals surface area contributed by atoms with Crippen molar-refractivity contribution in [2.24, 2.45) is 29.0 Å². The van der Waals surface area contributed by atoms with Gasteiger partial charge in [-0.15, -0.1) is 11.8 Å². The van der Waals surface area contributed by atoms with E-state index in [1.807, 2.05) is 43.3 Å². The number of primary amides is 1. The predicted octanol–water partition coefficient (Wildman–Crippen LogP) is 0.0432. The third-order valence-corrected chi connectivity index (χ3v) is 21.1. The van der Waals surface area contributed by atoms with Crippen LogP contribution in [0.15, 0.2) is 103 Å². The molecule has 0 spiro atoms. The fourth-order valence-corrected chi connectivity index (χ4v) is 14.2. The first-order valence-corrected chi connectivity index (χ1v) is 40.3. The number of para-hydroxylation sites is 2. The van der Waals surface area contributed by atoms with E-state index in [1.165, 1.54) is 0 Å². The molecule has 6 aromatic rings. The molecule has 7 rings (SSSR count). The summed E-state index contributed by atoms with van der Waals surface area (Å²) in [6.45, 7) is 6.77. The molecule has 0 saturated carbocycles. The van der Waals surface area contributed by atoms with Gasteiger partial charge in [0.2, 0.25) is 76.8 Å². The fraction of sp³-hybridized carbons (Fsp3) is 0.487. The van der Waals surface area contributed by atoms with Crippen molar-refractivity contribution in [2.45, 2.75) is 197 Å². The van der Waals surface area contributed by atoms with Gasteiger partial charge in [-0.2, -0.15) is 0 Å². The summed E-state index contributed by atoms with van der Waals surface area (Å²) >= 11 is 0.866. The van der Waals surface area contributed by atoms with Crippen molar-refractivity contribution in [3.8, 4) is 0 Å². The second kappa shape index (κ2) is 46.0. The second-order valence-corrected chi connectivity index (χ2v) is 30.3. The van der Waals surface area contributed by atoms with Crippen LogP contribution >= 0.6 is 11.8 Å². The van der Waals surface area contributed by atoms with Crippen LogP contribution in [0.2, 0.25) is 0 Å². The number of nitrogens with one attached hydrogen (secondary N) is 16. The molecule has 1 fully saturated rings. The minimum Gasteiger partial charge on any atom is -0.481 e. The standard InChI is InChI=1S/C80H111N19O16S/c1-6-8-9-10-26-56-72(108)91-57(27-17-18-31-81)73(109)93-60(36-50-39-87-54-25-16-14-23-52(50)54)77(113)98-67(44(3)4)78(114)97-63(69(82)105)42-116-43-65(102)90-58(34-46-29-30-47-20-11-12-21-48(47)33-46)76(112)99-68(45(5)7-2)79(115)96-62(41-100)70(106)88-40-64(101)89-55(28-19-32-85-80(83)84)71(107)95-61(37-66(103)104)75(111)94-59(74(110)92-56)35-49-38-86-53-24-15-13-22-51(49)53/h11-16,20-25,29-30,33,38-39,44-45,55-63,67-68,86-87,100H,6-10,17-19,26-28,31-32,34-37,40-43,81H2,1-5H3,(H2,82,105)(H,88,106)(H,89,101)(H,90,102)(H,91,108)(H,92,110)(H,93,109)(H,94,111)(H,95,107)(H,96,115)(H,97,114)(H,98,113)(H,99,112)(H,103,104)(H4,83,84,85)/t45-,55-,56-,57+,58-,59-,60-,61-,62-,63-,67-,68-/m0/s1. The number of carbonyl (C=O) groups excluding carboxylic acids is 13. The highest BCUT2D eigenvalue weighted by molar-refractivity contribution is 8.00. The van der Waals surface area contributed by atoms with E-state index in [1.54, 1.807) is 94.7 Å². The number of rotatable bonds is 26. The number of fused-ring (bicyclic) bond motifs is 3. The number of aliphatic carboxylic acids is 1. The fourth-order valence-electron chi connectivity index (χ4n) is 13.3. The van der Waals surface area contributed by atoms with Gasteiger partial charge < -0.3 is 107 Å². The normalized spacial score (nSPS) is 22.7. The molecule has 3 heterocycles. The van der Waals surface area contributed by atoms with Crippen molar-refractivity contribution in [1.29, 1.82) is 5.41 Å². The number of aromatic nitrogens is 2.